The van der Waals surface area contributed by atoms with E-state index in [1.165, 1.54) is 4.90 Å². The molecule has 3 aliphatic rings. The summed E-state index contributed by atoms with van der Waals surface area (Å²) in [5.74, 6) is -2.13. The van der Waals surface area contributed by atoms with E-state index in [-0.39, 0.29) is 51.7 Å². The fraction of sp³-hybridized carbons (Fsp3) is 0.706. The van der Waals surface area contributed by atoms with Gasteiger partial charge in [-0.25, -0.2) is 4.79 Å². The number of esters is 2. The molecule has 2 aliphatic heterocycles. The predicted molar refractivity (Wildman–Crippen MR) is 177 cm³/mol. The summed E-state index contributed by atoms with van der Waals surface area (Å²) in [6.07, 6.45) is -1.18. The fourth-order valence-corrected chi connectivity index (χ4v) is 9.40. The van der Waals surface area contributed by atoms with Crippen LogP contribution in [0.1, 0.15) is 66.4 Å². The number of hydrogen-bond acceptors (Lipinski definition) is 12. The van der Waals surface area contributed by atoms with Crippen molar-refractivity contribution in [2.45, 2.75) is 84.5 Å². The molecule has 2 amide bonds. The monoisotopic (exact) mass is 710 g/mol. The molecule has 274 valence electrons. The summed E-state index contributed by atoms with van der Waals surface area (Å²) in [5.41, 5.74) is -2.91. The number of rotatable bonds is 15. The van der Waals surface area contributed by atoms with Gasteiger partial charge >= 0.3 is 25.6 Å². The average Bonchev–Trinajstić information content (AvgIpc) is 3.18. The Labute approximate surface area is 288 Å². The van der Waals surface area contributed by atoms with E-state index in [0.717, 1.165) is 5.56 Å². The number of benzene rings is 1. The number of likely N-dealkylation sites (tertiary alicyclic amines) is 2. The molecule has 2 saturated heterocycles. The number of aliphatic hydroxyl groups excluding tert-OH is 1. The third-order valence-electron chi connectivity index (χ3n) is 9.56. The number of nitrogens with zero attached hydrogens (tertiary/aromatic N) is 2. The third-order valence-corrected chi connectivity index (χ3v) is 11.5. The summed E-state index contributed by atoms with van der Waals surface area (Å²) in [5, 5.41) is 11.3. The first kappa shape index (κ1) is 38.6. The van der Waals surface area contributed by atoms with Crippen molar-refractivity contribution >= 4 is 31.5 Å². The topological polar surface area (TPSA) is 167 Å². The Balaban J connectivity index is 1.85. The largest absolute Gasteiger partial charge is 0.497 e. The van der Waals surface area contributed by atoms with Crippen LogP contribution in [0.4, 0.5) is 4.79 Å². The molecule has 4 bridgehead atoms. The van der Waals surface area contributed by atoms with E-state index >= 15 is 0 Å². The van der Waals surface area contributed by atoms with Crippen molar-refractivity contribution in [1.82, 2.24) is 9.80 Å². The van der Waals surface area contributed by atoms with Crippen molar-refractivity contribution in [3.8, 4) is 5.75 Å². The molecule has 49 heavy (non-hydrogen) atoms. The number of aliphatic hydroxyl groups is 1. The minimum absolute atomic E-state index is 0.0453. The lowest BCUT2D eigenvalue weighted by Gasteiger charge is -2.62. The maximum absolute atomic E-state index is 14.5. The van der Waals surface area contributed by atoms with Crippen LogP contribution >= 0.6 is 7.60 Å². The predicted octanol–water partition coefficient (Wildman–Crippen LogP) is 4.16. The number of carbonyl (C=O) groups is 4. The number of methoxy groups -OCH3 is 1. The summed E-state index contributed by atoms with van der Waals surface area (Å²) in [6, 6.07) is 6.15. The molecule has 0 radical (unpaired) electrons. The normalized spacial score (nSPS) is 26.4. The first-order valence-corrected chi connectivity index (χ1v) is 18.6. The van der Waals surface area contributed by atoms with Gasteiger partial charge in [0.1, 0.15) is 24.1 Å². The Morgan fingerprint density at radius 3 is 2.20 bits per heavy atom. The molecule has 0 spiro atoms. The molecule has 15 heteroatoms. The van der Waals surface area contributed by atoms with Gasteiger partial charge in [0.25, 0.3) is 0 Å². The zero-order valence-electron chi connectivity index (χ0n) is 29.6. The standard InChI is InChI=1S/C34H51N2O12P/c1-8-44-27(38)18-34-26-15-16-35(31(41)48-32(4,5)6)30(34)33(21-37,22-45-28(39)20-49(42,46-9-2)47-10-3)17-25(26)29(40)36(34)19-23-11-13-24(43-7)14-12-23/h11-14,25-26,30,37H,8-10,15-22H2,1-7H3/t25-,26+,30-,33+,34-/m0/s1. The Bertz CT molecular complexity index is 1400. The molecule has 3 fully saturated rings. The summed E-state index contributed by atoms with van der Waals surface area (Å²) < 4.78 is 46.1. The minimum Gasteiger partial charge on any atom is -0.497 e. The van der Waals surface area contributed by atoms with Crippen molar-refractivity contribution in [3.63, 3.8) is 0 Å². The van der Waals surface area contributed by atoms with Crippen LogP contribution in [-0.4, -0.2) is 109 Å². The molecule has 1 aromatic carbocycles. The van der Waals surface area contributed by atoms with Gasteiger partial charge in [-0.2, -0.15) is 0 Å². The lowest BCUT2D eigenvalue weighted by atomic mass is 9.52. The Kier molecular flexibility index (Phi) is 12.1. The van der Waals surface area contributed by atoms with E-state index in [4.69, 9.17) is 28.0 Å². The molecular formula is C34H51N2O12P. The van der Waals surface area contributed by atoms with Crippen LogP contribution in [0, 0.1) is 17.3 Å². The minimum atomic E-state index is -3.82. The summed E-state index contributed by atoms with van der Waals surface area (Å²) >= 11 is 0. The molecule has 2 heterocycles. The molecule has 14 nitrogen and oxygen atoms in total. The first-order valence-electron chi connectivity index (χ1n) is 16.9. The van der Waals surface area contributed by atoms with E-state index in [1.807, 2.05) is 12.1 Å². The maximum atomic E-state index is 14.5. The van der Waals surface area contributed by atoms with E-state index in [1.54, 1.807) is 65.7 Å². The second-order valence-electron chi connectivity index (χ2n) is 13.8. The molecule has 5 atom stereocenters. The van der Waals surface area contributed by atoms with Gasteiger partial charge in [-0.15, -0.1) is 0 Å². The molecule has 4 rings (SSSR count). The second kappa shape index (κ2) is 15.4. The highest BCUT2D eigenvalue weighted by Gasteiger charge is 2.74. The van der Waals surface area contributed by atoms with Crippen molar-refractivity contribution < 1.29 is 56.8 Å². The Morgan fingerprint density at radius 2 is 1.65 bits per heavy atom. The number of ether oxygens (including phenoxy) is 4. The van der Waals surface area contributed by atoms with E-state index < -0.39 is 79.4 Å². The lowest BCUT2D eigenvalue weighted by Crippen LogP contribution is -2.76. The lowest BCUT2D eigenvalue weighted by molar-refractivity contribution is -0.181. The van der Waals surface area contributed by atoms with Gasteiger partial charge in [0.2, 0.25) is 5.91 Å². The van der Waals surface area contributed by atoms with E-state index in [0.29, 0.717) is 12.2 Å². The average molecular weight is 711 g/mol. The van der Waals surface area contributed by atoms with Gasteiger partial charge in [-0.05, 0) is 78.0 Å². The maximum Gasteiger partial charge on any atom is 0.410 e. The van der Waals surface area contributed by atoms with Crippen molar-refractivity contribution in [2.24, 2.45) is 17.3 Å². The van der Waals surface area contributed by atoms with Crippen LogP contribution in [-0.2, 0) is 48.8 Å². The van der Waals surface area contributed by atoms with Gasteiger partial charge < -0.3 is 42.9 Å². The summed E-state index contributed by atoms with van der Waals surface area (Å²) in [6.45, 7) is 9.54. The van der Waals surface area contributed by atoms with Gasteiger partial charge in [-0.3, -0.25) is 18.9 Å². The van der Waals surface area contributed by atoms with Crippen LogP contribution in [0.2, 0.25) is 0 Å². The molecule has 0 unspecified atom stereocenters. The van der Waals surface area contributed by atoms with E-state index in [9.17, 15) is 28.8 Å². The number of amides is 2. The van der Waals surface area contributed by atoms with E-state index in [2.05, 4.69) is 0 Å². The molecule has 1 aromatic rings. The van der Waals surface area contributed by atoms with Crippen LogP contribution in [0.15, 0.2) is 24.3 Å². The highest BCUT2D eigenvalue weighted by atomic mass is 31.2. The number of carbonyl (C=O) groups excluding carboxylic acids is 4. The highest BCUT2D eigenvalue weighted by molar-refractivity contribution is 7.54. The van der Waals surface area contributed by atoms with Crippen LogP contribution in [0.3, 0.4) is 0 Å². The first-order chi connectivity index (χ1) is 23.1. The van der Waals surface area contributed by atoms with Crippen molar-refractivity contribution in [3.05, 3.63) is 29.8 Å². The van der Waals surface area contributed by atoms with Crippen LogP contribution in [0.25, 0.3) is 0 Å². The zero-order chi connectivity index (χ0) is 36.2. The molecule has 1 aliphatic carbocycles. The van der Waals surface area contributed by atoms with Gasteiger partial charge in [-0.1, -0.05) is 12.1 Å². The molecule has 1 saturated carbocycles. The van der Waals surface area contributed by atoms with Crippen LogP contribution in [0.5, 0.6) is 5.75 Å². The summed E-state index contributed by atoms with van der Waals surface area (Å²) in [4.78, 5) is 58.5. The smallest absolute Gasteiger partial charge is 0.410 e. The van der Waals surface area contributed by atoms with Crippen LogP contribution < -0.4 is 4.74 Å². The highest BCUT2D eigenvalue weighted by Crippen LogP contribution is 2.62. The van der Waals surface area contributed by atoms with Gasteiger partial charge in [0.05, 0.1) is 57.0 Å². The molecule has 1 N–H and O–H groups in total. The number of hydrogen-bond donors (Lipinski definition) is 1. The second-order valence-corrected chi connectivity index (χ2v) is 15.9. The number of piperidine rings is 1. The summed E-state index contributed by atoms with van der Waals surface area (Å²) in [7, 11) is -2.27. The fourth-order valence-electron chi connectivity index (χ4n) is 7.95. The molecular weight excluding hydrogens is 659 g/mol. The van der Waals surface area contributed by atoms with Crippen molar-refractivity contribution in [2.75, 3.05) is 52.9 Å². The SMILES string of the molecule is CCOC(=O)C[C@]12[C@@H]3CCN(C(=O)OC(C)(C)C)[C@H]1[C@](CO)(COC(=O)CP(=O)(OCC)OCC)C[C@@H]3C(=O)N2Cc1ccc(OC)cc1. The van der Waals surface area contributed by atoms with Crippen molar-refractivity contribution in [1.29, 1.82) is 0 Å². The third kappa shape index (κ3) is 7.92. The Morgan fingerprint density at radius 1 is 1.00 bits per heavy atom. The Hall–Kier alpha value is -3.19. The van der Waals surface area contributed by atoms with Gasteiger partial charge in [0, 0.05) is 19.0 Å². The zero-order valence-corrected chi connectivity index (χ0v) is 30.5. The quantitative estimate of drug-likeness (QED) is 0.157. The van der Waals surface area contributed by atoms with Gasteiger partial charge in [0.15, 0.2) is 0 Å². The molecule has 0 aromatic heterocycles.